The van der Waals surface area contributed by atoms with Crippen molar-refractivity contribution >= 4 is 17.4 Å². The molecule has 0 spiro atoms. The van der Waals surface area contributed by atoms with Crippen LogP contribution in [0.3, 0.4) is 0 Å². The summed E-state index contributed by atoms with van der Waals surface area (Å²) in [7, 11) is 0. The van der Waals surface area contributed by atoms with Crippen molar-refractivity contribution in [3.8, 4) is 0 Å². The highest BCUT2D eigenvalue weighted by molar-refractivity contribution is 7.99. The largest absolute Gasteiger partial charge is 0.399 e. The molecule has 0 aliphatic carbocycles. The molecule has 0 saturated carbocycles. The van der Waals surface area contributed by atoms with Crippen LogP contribution in [0.1, 0.15) is 0 Å². The van der Waals surface area contributed by atoms with Gasteiger partial charge in [-0.25, -0.2) is 0 Å². The Morgan fingerprint density at radius 2 is 1.91 bits per heavy atom. The molecule has 1 rings (SSSR count). The molecule has 3 heteroatoms. The molecule has 0 aromatic heterocycles. The van der Waals surface area contributed by atoms with E-state index in [1.165, 1.54) is 11.8 Å². The number of halogens is 1. The maximum Gasteiger partial charge on any atom is 0.0988 e. The fourth-order valence-electron chi connectivity index (χ4n) is 0.720. The molecule has 0 saturated heterocycles. The lowest BCUT2D eigenvalue weighted by Gasteiger charge is -1.97. The molecular weight excluding hydrogens is 161 g/mol. The van der Waals surface area contributed by atoms with Gasteiger partial charge in [-0.2, -0.15) is 0 Å². The van der Waals surface area contributed by atoms with Crippen LogP contribution in [0.4, 0.5) is 10.1 Å². The standard InChI is InChI=1S/C8H10FNS/c9-5-6-11-8-3-1-7(10)2-4-8/h1-4H,5-6,10H2. The van der Waals surface area contributed by atoms with Crippen LogP contribution in [0.15, 0.2) is 29.2 Å². The van der Waals surface area contributed by atoms with Crippen molar-refractivity contribution in [2.45, 2.75) is 4.90 Å². The number of hydrogen-bond acceptors (Lipinski definition) is 2. The van der Waals surface area contributed by atoms with E-state index in [1.807, 2.05) is 24.3 Å². The van der Waals surface area contributed by atoms with Gasteiger partial charge in [0.25, 0.3) is 0 Å². The van der Waals surface area contributed by atoms with E-state index in [0.29, 0.717) is 5.75 Å². The molecule has 0 heterocycles. The molecule has 2 N–H and O–H groups in total. The fraction of sp³-hybridized carbons (Fsp3) is 0.250. The number of thioether (sulfide) groups is 1. The zero-order valence-corrected chi connectivity index (χ0v) is 6.90. The Hall–Kier alpha value is -0.700. The van der Waals surface area contributed by atoms with Crippen molar-refractivity contribution in [2.24, 2.45) is 0 Å². The third kappa shape index (κ3) is 2.80. The third-order valence-electron chi connectivity index (χ3n) is 1.23. The maximum atomic E-state index is 11.7. The number of benzene rings is 1. The van der Waals surface area contributed by atoms with Crippen LogP contribution in [0, 0.1) is 0 Å². The van der Waals surface area contributed by atoms with E-state index >= 15 is 0 Å². The van der Waals surface area contributed by atoms with E-state index in [0.717, 1.165) is 10.6 Å². The number of nitrogens with two attached hydrogens (primary N) is 1. The molecule has 1 aromatic rings. The predicted molar refractivity (Wildman–Crippen MR) is 47.6 cm³/mol. The predicted octanol–water partition coefficient (Wildman–Crippen LogP) is 2.33. The summed E-state index contributed by atoms with van der Waals surface area (Å²) in [6.07, 6.45) is 0. The lowest BCUT2D eigenvalue weighted by atomic mass is 10.3. The van der Waals surface area contributed by atoms with Crippen LogP contribution in [-0.4, -0.2) is 12.4 Å². The average Bonchev–Trinajstić information content (AvgIpc) is 2.04. The first kappa shape index (κ1) is 8.40. The second-order valence-corrected chi connectivity index (χ2v) is 3.27. The van der Waals surface area contributed by atoms with Crippen LogP contribution < -0.4 is 5.73 Å². The Bertz CT molecular complexity index is 210. The highest BCUT2D eigenvalue weighted by Gasteiger charge is 1.91. The van der Waals surface area contributed by atoms with Gasteiger partial charge in [-0.3, -0.25) is 4.39 Å². The van der Waals surface area contributed by atoms with Gasteiger partial charge in [0, 0.05) is 16.3 Å². The maximum absolute atomic E-state index is 11.7. The summed E-state index contributed by atoms with van der Waals surface area (Å²) >= 11 is 1.50. The van der Waals surface area contributed by atoms with Gasteiger partial charge in [0.05, 0.1) is 6.67 Å². The smallest absolute Gasteiger partial charge is 0.0988 e. The van der Waals surface area contributed by atoms with Crippen LogP contribution >= 0.6 is 11.8 Å². The first-order valence-electron chi connectivity index (χ1n) is 3.37. The van der Waals surface area contributed by atoms with Crippen LogP contribution in [0.2, 0.25) is 0 Å². The van der Waals surface area contributed by atoms with Crippen molar-refractivity contribution < 1.29 is 4.39 Å². The molecule has 0 atom stereocenters. The highest BCUT2D eigenvalue weighted by Crippen LogP contribution is 2.18. The Morgan fingerprint density at radius 1 is 1.27 bits per heavy atom. The molecule has 1 nitrogen and oxygen atoms in total. The molecular formula is C8H10FNS. The fourth-order valence-corrected chi connectivity index (χ4v) is 1.36. The van der Waals surface area contributed by atoms with E-state index in [4.69, 9.17) is 5.73 Å². The van der Waals surface area contributed by atoms with E-state index in [2.05, 4.69) is 0 Å². The summed E-state index contributed by atoms with van der Waals surface area (Å²) in [4.78, 5) is 1.07. The van der Waals surface area contributed by atoms with Gasteiger partial charge in [-0.1, -0.05) is 0 Å². The van der Waals surface area contributed by atoms with Gasteiger partial charge in [-0.05, 0) is 24.3 Å². The Kier molecular flexibility index (Phi) is 3.23. The lowest BCUT2D eigenvalue weighted by Crippen LogP contribution is -1.84. The van der Waals surface area contributed by atoms with Crippen molar-refractivity contribution in [1.82, 2.24) is 0 Å². The monoisotopic (exact) mass is 171 g/mol. The minimum Gasteiger partial charge on any atom is -0.399 e. The summed E-state index contributed by atoms with van der Waals surface area (Å²) in [6.45, 7) is -0.283. The molecule has 11 heavy (non-hydrogen) atoms. The zero-order valence-electron chi connectivity index (χ0n) is 6.09. The Morgan fingerprint density at radius 3 is 2.45 bits per heavy atom. The van der Waals surface area contributed by atoms with Crippen LogP contribution in [0.5, 0.6) is 0 Å². The van der Waals surface area contributed by atoms with E-state index in [9.17, 15) is 4.39 Å². The lowest BCUT2D eigenvalue weighted by molar-refractivity contribution is 0.533. The average molecular weight is 171 g/mol. The number of alkyl halides is 1. The van der Waals surface area contributed by atoms with E-state index in [1.54, 1.807) is 0 Å². The Balaban J connectivity index is 2.52. The van der Waals surface area contributed by atoms with Crippen molar-refractivity contribution in [2.75, 3.05) is 18.2 Å². The van der Waals surface area contributed by atoms with E-state index < -0.39 is 0 Å². The number of nitrogen functional groups attached to an aromatic ring is 1. The molecule has 1 aromatic carbocycles. The first-order chi connectivity index (χ1) is 5.33. The van der Waals surface area contributed by atoms with Crippen molar-refractivity contribution in [1.29, 1.82) is 0 Å². The molecule has 0 aliphatic rings. The molecule has 0 bridgehead atoms. The summed E-state index contributed by atoms with van der Waals surface area (Å²) in [5.41, 5.74) is 6.22. The molecule has 0 unspecified atom stereocenters. The minimum absolute atomic E-state index is 0.283. The third-order valence-corrected chi connectivity index (χ3v) is 2.19. The second kappa shape index (κ2) is 4.23. The topological polar surface area (TPSA) is 26.0 Å². The van der Waals surface area contributed by atoms with Gasteiger partial charge < -0.3 is 5.73 Å². The van der Waals surface area contributed by atoms with Gasteiger partial charge in [-0.15, -0.1) is 11.8 Å². The first-order valence-corrected chi connectivity index (χ1v) is 4.36. The number of rotatable bonds is 3. The summed E-state index contributed by atoms with van der Waals surface area (Å²) in [5.74, 6) is 0.518. The zero-order chi connectivity index (χ0) is 8.10. The SMILES string of the molecule is Nc1ccc(SCCF)cc1. The van der Waals surface area contributed by atoms with Gasteiger partial charge in [0.2, 0.25) is 0 Å². The van der Waals surface area contributed by atoms with Gasteiger partial charge in [0.15, 0.2) is 0 Å². The molecule has 0 amide bonds. The van der Waals surface area contributed by atoms with Crippen LogP contribution in [0.25, 0.3) is 0 Å². The summed E-state index contributed by atoms with van der Waals surface area (Å²) in [6, 6.07) is 7.44. The second-order valence-electron chi connectivity index (χ2n) is 2.11. The van der Waals surface area contributed by atoms with Gasteiger partial charge >= 0.3 is 0 Å². The Labute approximate surface area is 69.8 Å². The van der Waals surface area contributed by atoms with Gasteiger partial charge in [0.1, 0.15) is 0 Å². The molecule has 0 fully saturated rings. The van der Waals surface area contributed by atoms with Crippen molar-refractivity contribution in [3.05, 3.63) is 24.3 Å². The van der Waals surface area contributed by atoms with Crippen LogP contribution in [-0.2, 0) is 0 Å². The number of hydrogen-bond donors (Lipinski definition) is 1. The summed E-state index contributed by atoms with van der Waals surface area (Å²) < 4.78 is 11.7. The van der Waals surface area contributed by atoms with E-state index in [-0.39, 0.29) is 6.67 Å². The molecule has 0 aliphatic heterocycles. The molecule has 60 valence electrons. The number of anilines is 1. The normalized spacial score (nSPS) is 9.91. The quantitative estimate of drug-likeness (QED) is 0.558. The minimum atomic E-state index is -0.283. The summed E-state index contributed by atoms with van der Waals surface area (Å²) in [5, 5.41) is 0. The molecule has 0 radical (unpaired) electrons. The van der Waals surface area contributed by atoms with Crippen molar-refractivity contribution in [3.63, 3.8) is 0 Å². The highest BCUT2D eigenvalue weighted by atomic mass is 32.2.